The fourth-order valence-corrected chi connectivity index (χ4v) is 3.11. The van der Waals surface area contributed by atoms with E-state index in [0.717, 1.165) is 11.1 Å². The molecule has 0 atom stereocenters. The Morgan fingerprint density at radius 2 is 2.11 bits per heavy atom. The molecule has 0 saturated heterocycles. The maximum atomic E-state index is 13.2. The maximum Gasteiger partial charge on any atom is 0.309 e. The number of hydrogen-bond acceptors (Lipinski definition) is 3. The van der Waals surface area contributed by atoms with Gasteiger partial charge in [0.15, 0.2) is 0 Å². The highest BCUT2D eigenvalue weighted by Crippen LogP contribution is 2.35. The molecule has 0 bridgehead atoms. The van der Waals surface area contributed by atoms with Gasteiger partial charge in [-0.2, -0.15) is 8.42 Å². The van der Waals surface area contributed by atoms with E-state index in [0.29, 0.717) is 18.4 Å². The van der Waals surface area contributed by atoms with Crippen LogP contribution in [-0.2, 0) is 20.7 Å². The summed E-state index contributed by atoms with van der Waals surface area (Å²) in [5, 5.41) is 0. The Morgan fingerprint density at radius 1 is 1.39 bits per heavy atom. The quantitative estimate of drug-likeness (QED) is 0.790. The second kappa shape index (κ2) is 4.72. The molecular formula is C13H15FO3S. The van der Waals surface area contributed by atoms with Crippen LogP contribution in [0.15, 0.2) is 23.8 Å². The highest BCUT2D eigenvalue weighted by molar-refractivity contribution is 7.86. The standard InChI is InChI=1S/C13H15FO3S/c1-3-6-18(15,16)17-13-9(2)7-10-4-5-11(14)8-12(10)13/h4-5,8H,3,6-7H2,1-2H3. The highest BCUT2D eigenvalue weighted by Gasteiger charge is 2.25. The van der Waals surface area contributed by atoms with Gasteiger partial charge in [-0.15, -0.1) is 0 Å². The van der Waals surface area contributed by atoms with Crippen LogP contribution >= 0.6 is 0 Å². The Hall–Kier alpha value is -1.36. The van der Waals surface area contributed by atoms with E-state index in [1.807, 2.05) is 0 Å². The smallest absolute Gasteiger partial charge is 0.309 e. The molecule has 0 fully saturated rings. The van der Waals surface area contributed by atoms with Crippen molar-refractivity contribution in [3.05, 3.63) is 40.7 Å². The van der Waals surface area contributed by atoms with Gasteiger partial charge in [-0.05, 0) is 43.0 Å². The molecule has 3 nitrogen and oxygen atoms in total. The number of benzene rings is 1. The largest absolute Gasteiger partial charge is 0.382 e. The molecule has 0 spiro atoms. The Bertz CT molecular complexity index is 603. The average molecular weight is 270 g/mol. The van der Waals surface area contributed by atoms with Crippen LogP contribution in [0.25, 0.3) is 5.76 Å². The molecule has 2 rings (SSSR count). The van der Waals surface area contributed by atoms with Crippen molar-refractivity contribution in [1.29, 1.82) is 0 Å². The third-order valence-electron chi connectivity index (χ3n) is 2.82. The molecule has 0 aliphatic heterocycles. The second-order valence-electron chi connectivity index (χ2n) is 4.43. The summed E-state index contributed by atoms with van der Waals surface area (Å²) < 4.78 is 41.7. The predicted octanol–water partition coefficient (Wildman–Crippen LogP) is 2.87. The number of rotatable bonds is 4. The molecule has 1 aliphatic rings. The molecule has 1 aromatic rings. The van der Waals surface area contributed by atoms with E-state index in [-0.39, 0.29) is 11.5 Å². The van der Waals surface area contributed by atoms with E-state index in [9.17, 15) is 12.8 Å². The third-order valence-corrected chi connectivity index (χ3v) is 4.15. The monoisotopic (exact) mass is 270 g/mol. The van der Waals surface area contributed by atoms with Gasteiger partial charge < -0.3 is 4.18 Å². The van der Waals surface area contributed by atoms with E-state index < -0.39 is 15.9 Å². The summed E-state index contributed by atoms with van der Waals surface area (Å²) in [6.45, 7) is 3.57. The fraction of sp³-hybridized carbons (Fsp3) is 0.385. The third kappa shape index (κ3) is 2.56. The lowest BCUT2D eigenvalue weighted by molar-refractivity contribution is 0.461. The van der Waals surface area contributed by atoms with Crippen LogP contribution in [0.5, 0.6) is 0 Å². The Kier molecular flexibility index (Phi) is 3.43. The van der Waals surface area contributed by atoms with Crippen LogP contribution < -0.4 is 0 Å². The topological polar surface area (TPSA) is 43.4 Å². The van der Waals surface area contributed by atoms with Gasteiger partial charge in [-0.1, -0.05) is 13.0 Å². The fourth-order valence-electron chi connectivity index (χ4n) is 2.04. The summed E-state index contributed by atoms with van der Waals surface area (Å²) in [5.41, 5.74) is 2.26. The molecule has 0 saturated carbocycles. The summed E-state index contributed by atoms with van der Waals surface area (Å²) in [6, 6.07) is 4.36. The zero-order valence-corrected chi connectivity index (χ0v) is 11.2. The molecule has 0 heterocycles. The SMILES string of the molecule is CCCS(=O)(=O)OC1=C(C)Cc2ccc(F)cc21. The van der Waals surface area contributed by atoms with Crippen molar-refractivity contribution in [3.8, 4) is 0 Å². The maximum absolute atomic E-state index is 13.2. The van der Waals surface area contributed by atoms with Crippen LogP contribution in [0.2, 0.25) is 0 Å². The Labute approximate surface area is 106 Å². The zero-order valence-electron chi connectivity index (χ0n) is 10.4. The first-order chi connectivity index (χ1) is 8.43. The molecular weight excluding hydrogens is 255 g/mol. The minimum atomic E-state index is -3.58. The van der Waals surface area contributed by atoms with Gasteiger partial charge >= 0.3 is 10.1 Å². The molecule has 0 amide bonds. The lowest BCUT2D eigenvalue weighted by atomic mass is 10.1. The molecule has 1 aromatic carbocycles. The van der Waals surface area contributed by atoms with Crippen LogP contribution in [0.1, 0.15) is 31.4 Å². The van der Waals surface area contributed by atoms with E-state index >= 15 is 0 Å². The minimum absolute atomic E-state index is 0.0333. The number of fused-ring (bicyclic) bond motifs is 1. The molecule has 0 unspecified atom stereocenters. The number of halogens is 1. The number of hydrogen-bond donors (Lipinski definition) is 0. The van der Waals surface area contributed by atoms with Gasteiger partial charge in [-0.3, -0.25) is 0 Å². The van der Waals surface area contributed by atoms with Crippen LogP contribution in [0, 0.1) is 5.82 Å². The van der Waals surface area contributed by atoms with Gasteiger partial charge in [-0.25, -0.2) is 4.39 Å². The molecule has 0 N–H and O–H groups in total. The van der Waals surface area contributed by atoms with Crippen LogP contribution in [0.4, 0.5) is 4.39 Å². The van der Waals surface area contributed by atoms with E-state index in [1.54, 1.807) is 19.9 Å². The molecule has 18 heavy (non-hydrogen) atoms. The molecule has 98 valence electrons. The van der Waals surface area contributed by atoms with Gasteiger partial charge in [0.1, 0.15) is 11.6 Å². The van der Waals surface area contributed by atoms with Crippen molar-refractivity contribution < 1.29 is 17.0 Å². The van der Waals surface area contributed by atoms with Gasteiger partial charge in [0, 0.05) is 5.56 Å². The van der Waals surface area contributed by atoms with Crippen molar-refractivity contribution in [2.24, 2.45) is 0 Å². The van der Waals surface area contributed by atoms with E-state index in [1.165, 1.54) is 12.1 Å². The van der Waals surface area contributed by atoms with Gasteiger partial charge in [0.25, 0.3) is 0 Å². The van der Waals surface area contributed by atoms with Crippen LogP contribution in [0.3, 0.4) is 0 Å². The van der Waals surface area contributed by atoms with Crippen LogP contribution in [-0.4, -0.2) is 14.2 Å². The Balaban J connectivity index is 2.36. The summed E-state index contributed by atoms with van der Waals surface area (Å²) >= 11 is 0. The molecule has 1 aliphatic carbocycles. The van der Waals surface area contributed by atoms with Crippen molar-refractivity contribution >= 4 is 15.9 Å². The predicted molar refractivity (Wildman–Crippen MR) is 67.9 cm³/mol. The first-order valence-corrected chi connectivity index (χ1v) is 7.41. The van der Waals surface area contributed by atoms with Crippen molar-refractivity contribution in [3.63, 3.8) is 0 Å². The summed E-state index contributed by atoms with van der Waals surface area (Å²) in [6.07, 6.45) is 1.09. The van der Waals surface area contributed by atoms with Crippen molar-refractivity contribution in [2.45, 2.75) is 26.7 Å². The first kappa shape index (κ1) is 13.1. The lowest BCUT2D eigenvalue weighted by Crippen LogP contribution is -2.09. The van der Waals surface area contributed by atoms with Gasteiger partial charge in [0.2, 0.25) is 0 Å². The lowest BCUT2D eigenvalue weighted by Gasteiger charge is -2.09. The molecule has 5 heteroatoms. The summed E-state index contributed by atoms with van der Waals surface area (Å²) in [4.78, 5) is 0. The average Bonchev–Trinajstić information content (AvgIpc) is 2.55. The summed E-state index contributed by atoms with van der Waals surface area (Å²) in [5.74, 6) is -0.135. The zero-order chi connectivity index (χ0) is 13.3. The van der Waals surface area contributed by atoms with Crippen molar-refractivity contribution in [1.82, 2.24) is 0 Å². The van der Waals surface area contributed by atoms with Gasteiger partial charge in [0.05, 0.1) is 5.75 Å². The van der Waals surface area contributed by atoms with E-state index in [4.69, 9.17) is 4.18 Å². The highest BCUT2D eigenvalue weighted by atomic mass is 32.2. The number of allylic oxidation sites excluding steroid dienone is 1. The van der Waals surface area contributed by atoms with E-state index in [2.05, 4.69) is 0 Å². The molecule has 0 aromatic heterocycles. The second-order valence-corrected chi connectivity index (χ2v) is 6.12. The normalized spacial score (nSPS) is 14.8. The Morgan fingerprint density at radius 3 is 2.78 bits per heavy atom. The summed E-state index contributed by atoms with van der Waals surface area (Å²) in [7, 11) is -3.58. The minimum Gasteiger partial charge on any atom is -0.382 e. The van der Waals surface area contributed by atoms with Crippen molar-refractivity contribution in [2.75, 3.05) is 5.75 Å². The molecule has 0 radical (unpaired) electrons. The first-order valence-electron chi connectivity index (χ1n) is 5.83.